The Morgan fingerprint density at radius 1 is 1.13 bits per heavy atom. The van der Waals surface area contributed by atoms with E-state index in [1.807, 2.05) is 0 Å². The van der Waals surface area contributed by atoms with Crippen molar-refractivity contribution in [2.24, 2.45) is 0 Å². The van der Waals surface area contributed by atoms with Crippen LogP contribution in [0.3, 0.4) is 0 Å². The Balaban J connectivity index is 2.22. The molecule has 0 aliphatic carbocycles. The Hall–Kier alpha value is -2.03. The van der Waals surface area contributed by atoms with Gasteiger partial charge in [-0.2, -0.15) is 0 Å². The van der Waals surface area contributed by atoms with Crippen LogP contribution < -0.4 is 5.43 Å². The van der Waals surface area contributed by atoms with Crippen LogP contribution in [0.15, 0.2) is 51.9 Å². The van der Waals surface area contributed by atoms with Crippen LogP contribution in [0.4, 0.5) is 0 Å². The molecule has 0 fully saturated rings. The molecule has 2 rings (SSSR count). The largest absolute Gasteiger partial charge is 0.508 e. The molecule has 0 atom stereocenters. The molecule has 76 valence electrons. The fourth-order valence-electron chi connectivity index (χ4n) is 1.34. The second kappa shape index (κ2) is 4.00. The molecular formula is C12H10O3. The zero-order valence-corrected chi connectivity index (χ0v) is 8.01. The summed E-state index contributed by atoms with van der Waals surface area (Å²) in [4.78, 5) is 11.0. The monoisotopic (exact) mass is 202 g/mol. The third-order valence-corrected chi connectivity index (χ3v) is 2.07. The average molecular weight is 202 g/mol. The van der Waals surface area contributed by atoms with E-state index >= 15 is 0 Å². The first-order valence-electron chi connectivity index (χ1n) is 4.60. The van der Waals surface area contributed by atoms with E-state index in [0.717, 1.165) is 5.56 Å². The number of phenolic OH excluding ortho intramolecular Hbond substituents is 1. The molecule has 0 aliphatic rings. The van der Waals surface area contributed by atoms with E-state index in [0.29, 0.717) is 12.2 Å². The Kier molecular flexibility index (Phi) is 2.54. The standard InChI is InChI=1S/C12H10O3/c13-10-3-1-9(2-4-10)7-12-8-11(14)5-6-15-12/h1-6,8,13H,7H2. The van der Waals surface area contributed by atoms with Crippen molar-refractivity contribution < 1.29 is 9.52 Å². The Bertz CT molecular complexity index is 497. The summed E-state index contributed by atoms with van der Waals surface area (Å²) in [5, 5.41) is 9.09. The normalized spacial score (nSPS) is 10.1. The molecule has 3 heteroatoms. The van der Waals surface area contributed by atoms with Crippen LogP contribution in [0.1, 0.15) is 11.3 Å². The van der Waals surface area contributed by atoms with E-state index < -0.39 is 0 Å². The quantitative estimate of drug-likeness (QED) is 0.809. The van der Waals surface area contributed by atoms with Gasteiger partial charge >= 0.3 is 0 Å². The SMILES string of the molecule is O=c1ccoc(Cc2ccc(O)cc2)c1. The third kappa shape index (κ3) is 2.47. The number of benzene rings is 1. The van der Waals surface area contributed by atoms with Crippen molar-refractivity contribution in [2.45, 2.75) is 6.42 Å². The van der Waals surface area contributed by atoms with Gasteiger partial charge < -0.3 is 9.52 Å². The van der Waals surface area contributed by atoms with Crippen LogP contribution in [0, 0.1) is 0 Å². The van der Waals surface area contributed by atoms with Gasteiger partial charge in [-0.3, -0.25) is 4.79 Å². The summed E-state index contributed by atoms with van der Waals surface area (Å²) in [6.07, 6.45) is 1.94. The van der Waals surface area contributed by atoms with E-state index in [1.165, 1.54) is 18.4 Å². The molecular weight excluding hydrogens is 192 g/mol. The molecule has 1 aromatic carbocycles. The van der Waals surface area contributed by atoms with Crippen LogP contribution >= 0.6 is 0 Å². The number of aromatic hydroxyl groups is 1. The van der Waals surface area contributed by atoms with Crippen molar-refractivity contribution in [1.29, 1.82) is 0 Å². The molecule has 1 aromatic heterocycles. The molecule has 1 N–H and O–H groups in total. The first kappa shape index (κ1) is 9.52. The highest BCUT2D eigenvalue weighted by atomic mass is 16.3. The Morgan fingerprint density at radius 2 is 1.87 bits per heavy atom. The number of hydrogen-bond donors (Lipinski definition) is 1. The third-order valence-electron chi connectivity index (χ3n) is 2.07. The average Bonchev–Trinajstić information content (AvgIpc) is 2.22. The summed E-state index contributed by atoms with van der Waals surface area (Å²) in [6, 6.07) is 9.64. The molecule has 0 spiro atoms. The summed E-state index contributed by atoms with van der Waals surface area (Å²) in [5.41, 5.74) is 0.928. The van der Waals surface area contributed by atoms with Gasteiger partial charge in [0.05, 0.1) is 6.26 Å². The first-order valence-corrected chi connectivity index (χ1v) is 4.60. The van der Waals surface area contributed by atoms with Gasteiger partial charge in [-0.25, -0.2) is 0 Å². The highest BCUT2D eigenvalue weighted by molar-refractivity contribution is 5.28. The minimum absolute atomic E-state index is 0.0602. The van der Waals surface area contributed by atoms with Crippen molar-refractivity contribution in [3.05, 3.63) is 64.2 Å². The predicted molar refractivity (Wildman–Crippen MR) is 55.9 cm³/mol. The molecule has 0 amide bonds. The summed E-state index contributed by atoms with van der Waals surface area (Å²) in [6.45, 7) is 0. The van der Waals surface area contributed by atoms with Gasteiger partial charge in [-0.05, 0) is 17.7 Å². The van der Waals surface area contributed by atoms with Crippen molar-refractivity contribution >= 4 is 0 Å². The summed E-state index contributed by atoms with van der Waals surface area (Å²) < 4.78 is 5.18. The van der Waals surface area contributed by atoms with Gasteiger partial charge in [-0.1, -0.05) is 12.1 Å². The molecule has 2 aromatic rings. The van der Waals surface area contributed by atoms with Gasteiger partial charge in [-0.15, -0.1) is 0 Å². The van der Waals surface area contributed by atoms with Gasteiger partial charge in [0.2, 0.25) is 0 Å². The van der Waals surface area contributed by atoms with Crippen molar-refractivity contribution in [1.82, 2.24) is 0 Å². The first-order chi connectivity index (χ1) is 7.24. The van der Waals surface area contributed by atoms with Crippen LogP contribution in [0.2, 0.25) is 0 Å². The zero-order chi connectivity index (χ0) is 10.7. The molecule has 15 heavy (non-hydrogen) atoms. The van der Waals surface area contributed by atoms with E-state index in [9.17, 15) is 4.79 Å². The van der Waals surface area contributed by atoms with Crippen molar-refractivity contribution in [3.63, 3.8) is 0 Å². The number of hydrogen-bond acceptors (Lipinski definition) is 3. The van der Waals surface area contributed by atoms with Crippen LogP contribution in [-0.2, 0) is 6.42 Å². The van der Waals surface area contributed by atoms with Gasteiger partial charge in [0.1, 0.15) is 11.5 Å². The lowest BCUT2D eigenvalue weighted by Gasteiger charge is -2.00. The molecule has 0 saturated carbocycles. The minimum Gasteiger partial charge on any atom is -0.508 e. The van der Waals surface area contributed by atoms with E-state index in [1.54, 1.807) is 24.3 Å². The number of rotatable bonds is 2. The van der Waals surface area contributed by atoms with Gasteiger partial charge in [0.25, 0.3) is 0 Å². The van der Waals surface area contributed by atoms with Crippen LogP contribution in [0.25, 0.3) is 0 Å². The van der Waals surface area contributed by atoms with Crippen LogP contribution in [0.5, 0.6) is 5.75 Å². The summed E-state index contributed by atoms with van der Waals surface area (Å²) in [5.74, 6) is 0.849. The van der Waals surface area contributed by atoms with Crippen molar-refractivity contribution in [2.75, 3.05) is 0 Å². The second-order valence-corrected chi connectivity index (χ2v) is 3.28. The zero-order valence-electron chi connectivity index (χ0n) is 8.01. The summed E-state index contributed by atoms with van der Waals surface area (Å²) in [7, 11) is 0. The maximum Gasteiger partial charge on any atom is 0.185 e. The van der Waals surface area contributed by atoms with Gasteiger partial charge in [0.15, 0.2) is 5.43 Å². The minimum atomic E-state index is -0.0602. The lowest BCUT2D eigenvalue weighted by molar-refractivity contribution is 0.474. The molecule has 0 unspecified atom stereocenters. The predicted octanol–water partition coefficient (Wildman–Crippen LogP) is 1.94. The van der Waals surface area contributed by atoms with E-state index in [2.05, 4.69) is 0 Å². The molecule has 1 heterocycles. The number of phenols is 1. The Morgan fingerprint density at radius 3 is 2.53 bits per heavy atom. The smallest absolute Gasteiger partial charge is 0.185 e. The highest BCUT2D eigenvalue weighted by Gasteiger charge is 1.99. The maximum absolute atomic E-state index is 11.0. The molecule has 0 saturated heterocycles. The topological polar surface area (TPSA) is 50.4 Å². The lowest BCUT2D eigenvalue weighted by Crippen LogP contribution is -1.98. The molecule has 0 bridgehead atoms. The van der Waals surface area contributed by atoms with E-state index in [-0.39, 0.29) is 11.2 Å². The molecule has 0 aliphatic heterocycles. The molecule has 0 radical (unpaired) electrons. The molecule has 3 nitrogen and oxygen atoms in total. The highest BCUT2D eigenvalue weighted by Crippen LogP contribution is 2.12. The second-order valence-electron chi connectivity index (χ2n) is 3.28. The summed E-state index contributed by atoms with van der Waals surface area (Å²) >= 11 is 0. The van der Waals surface area contributed by atoms with Gasteiger partial charge in [0, 0.05) is 18.6 Å². The van der Waals surface area contributed by atoms with Crippen molar-refractivity contribution in [3.8, 4) is 5.75 Å². The maximum atomic E-state index is 11.0. The van der Waals surface area contributed by atoms with E-state index in [4.69, 9.17) is 9.52 Å². The fourth-order valence-corrected chi connectivity index (χ4v) is 1.34. The fraction of sp³-hybridized carbons (Fsp3) is 0.0833. The Labute approximate surface area is 86.6 Å². The lowest BCUT2D eigenvalue weighted by atomic mass is 10.1. The van der Waals surface area contributed by atoms with Crippen LogP contribution in [-0.4, -0.2) is 5.11 Å².